The van der Waals surface area contributed by atoms with E-state index >= 15 is 0 Å². The number of nitrogens with one attached hydrogen (secondary N) is 1. The Labute approximate surface area is 196 Å². The van der Waals surface area contributed by atoms with Gasteiger partial charge in [-0.2, -0.15) is 0 Å². The standard InChI is InChI=1S/C26H33N5O2/c1-21(23-7-4-8-24(19-23)32-2)29-20-22-6-3-9-25(18-22)33-17-16-30-12-14-31(15-13-30)26-27-10-5-11-28-26/h3-11,18-19,21,29H,12-17,20H2,1-2H3. The predicted molar refractivity (Wildman–Crippen MR) is 131 cm³/mol. The second kappa shape index (κ2) is 11.6. The average molecular weight is 448 g/mol. The number of aromatic nitrogens is 2. The first-order chi connectivity index (χ1) is 16.2. The van der Waals surface area contributed by atoms with Crippen LogP contribution in [-0.2, 0) is 6.54 Å². The molecule has 1 N–H and O–H groups in total. The van der Waals surface area contributed by atoms with Crippen LogP contribution in [0.5, 0.6) is 11.5 Å². The molecule has 0 aliphatic carbocycles. The largest absolute Gasteiger partial charge is 0.497 e. The van der Waals surface area contributed by atoms with Gasteiger partial charge >= 0.3 is 0 Å². The molecule has 0 spiro atoms. The van der Waals surface area contributed by atoms with Gasteiger partial charge in [0.1, 0.15) is 18.1 Å². The van der Waals surface area contributed by atoms with Crippen molar-refractivity contribution in [1.29, 1.82) is 0 Å². The van der Waals surface area contributed by atoms with Gasteiger partial charge in [-0.05, 0) is 48.4 Å². The van der Waals surface area contributed by atoms with Gasteiger partial charge in [-0.15, -0.1) is 0 Å². The van der Waals surface area contributed by atoms with Crippen molar-refractivity contribution in [3.05, 3.63) is 78.1 Å². The molecule has 174 valence electrons. The Kier molecular flexibility index (Phi) is 8.11. The first-order valence-electron chi connectivity index (χ1n) is 11.5. The molecule has 3 aromatic rings. The highest BCUT2D eigenvalue weighted by atomic mass is 16.5. The molecule has 4 rings (SSSR count). The summed E-state index contributed by atoms with van der Waals surface area (Å²) < 4.78 is 11.4. The van der Waals surface area contributed by atoms with E-state index in [9.17, 15) is 0 Å². The van der Waals surface area contributed by atoms with E-state index in [2.05, 4.69) is 62.3 Å². The smallest absolute Gasteiger partial charge is 0.225 e. The summed E-state index contributed by atoms with van der Waals surface area (Å²) >= 11 is 0. The highest BCUT2D eigenvalue weighted by Crippen LogP contribution is 2.20. The van der Waals surface area contributed by atoms with Gasteiger partial charge in [-0.25, -0.2) is 9.97 Å². The number of rotatable bonds is 10. The summed E-state index contributed by atoms with van der Waals surface area (Å²) in [7, 11) is 1.70. The van der Waals surface area contributed by atoms with Gasteiger partial charge in [0.2, 0.25) is 5.95 Å². The van der Waals surface area contributed by atoms with Gasteiger partial charge in [-0.3, -0.25) is 4.90 Å². The zero-order valence-electron chi connectivity index (χ0n) is 19.5. The highest BCUT2D eigenvalue weighted by Gasteiger charge is 2.18. The number of piperazine rings is 1. The molecule has 33 heavy (non-hydrogen) atoms. The van der Waals surface area contributed by atoms with Crippen molar-refractivity contribution >= 4 is 5.95 Å². The van der Waals surface area contributed by atoms with Crippen molar-refractivity contribution in [2.75, 3.05) is 51.3 Å². The molecule has 2 aromatic carbocycles. The van der Waals surface area contributed by atoms with E-state index in [1.54, 1.807) is 19.5 Å². The van der Waals surface area contributed by atoms with Crippen LogP contribution in [-0.4, -0.2) is 61.3 Å². The fraction of sp³-hybridized carbons (Fsp3) is 0.385. The molecule has 0 saturated carbocycles. The van der Waals surface area contributed by atoms with Crippen molar-refractivity contribution in [2.24, 2.45) is 0 Å². The molecular formula is C26H33N5O2. The third-order valence-electron chi connectivity index (χ3n) is 5.99. The molecular weight excluding hydrogens is 414 g/mol. The summed E-state index contributed by atoms with van der Waals surface area (Å²) in [5.74, 6) is 2.62. The molecule has 1 saturated heterocycles. The SMILES string of the molecule is COc1cccc(C(C)NCc2cccc(OCCN3CCN(c4ncccn4)CC3)c2)c1. The number of hydrogen-bond acceptors (Lipinski definition) is 7. The molecule has 0 amide bonds. The molecule has 1 unspecified atom stereocenters. The second-order valence-electron chi connectivity index (χ2n) is 8.25. The number of methoxy groups -OCH3 is 1. The Bertz CT molecular complexity index is 993. The molecule has 0 radical (unpaired) electrons. The maximum absolute atomic E-state index is 6.06. The van der Waals surface area contributed by atoms with Crippen LogP contribution >= 0.6 is 0 Å². The molecule has 1 fully saturated rings. The van der Waals surface area contributed by atoms with Crippen molar-refractivity contribution in [1.82, 2.24) is 20.2 Å². The average Bonchev–Trinajstić information content (AvgIpc) is 2.88. The van der Waals surface area contributed by atoms with E-state index in [0.29, 0.717) is 6.61 Å². The summed E-state index contributed by atoms with van der Waals surface area (Å²) in [6.07, 6.45) is 3.59. The van der Waals surface area contributed by atoms with Crippen LogP contribution in [0.15, 0.2) is 67.0 Å². The van der Waals surface area contributed by atoms with E-state index < -0.39 is 0 Å². The van der Waals surface area contributed by atoms with Crippen molar-refractivity contribution in [2.45, 2.75) is 19.5 Å². The van der Waals surface area contributed by atoms with Crippen LogP contribution in [0.4, 0.5) is 5.95 Å². The predicted octanol–water partition coefficient (Wildman–Crippen LogP) is 3.54. The molecule has 1 aliphatic heterocycles. The second-order valence-corrected chi connectivity index (χ2v) is 8.25. The lowest BCUT2D eigenvalue weighted by Crippen LogP contribution is -2.48. The maximum Gasteiger partial charge on any atom is 0.225 e. The lowest BCUT2D eigenvalue weighted by atomic mass is 10.1. The Morgan fingerprint density at radius 1 is 0.939 bits per heavy atom. The third-order valence-corrected chi connectivity index (χ3v) is 5.99. The van der Waals surface area contributed by atoms with E-state index in [4.69, 9.17) is 9.47 Å². The summed E-state index contributed by atoms with van der Waals surface area (Å²) in [4.78, 5) is 13.4. The van der Waals surface area contributed by atoms with Crippen LogP contribution in [0.25, 0.3) is 0 Å². The molecule has 1 aromatic heterocycles. The topological polar surface area (TPSA) is 62.8 Å². The number of benzene rings is 2. The minimum atomic E-state index is 0.227. The number of nitrogens with zero attached hydrogens (tertiary/aromatic N) is 4. The lowest BCUT2D eigenvalue weighted by Gasteiger charge is -2.34. The fourth-order valence-corrected chi connectivity index (χ4v) is 3.96. The van der Waals surface area contributed by atoms with Crippen LogP contribution in [0.1, 0.15) is 24.1 Å². The van der Waals surface area contributed by atoms with Gasteiger partial charge in [0.25, 0.3) is 0 Å². The minimum absolute atomic E-state index is 0.227. The molecule has 7 heteroatoms. The first kappa shape index (κ1) is 23.0. The number of hydrogen-bond donors (Lipinski definition) is 1. The summed E-state index contributed by atoms with van der Waals surface area (Å²) in [6.45, 7) is 8.41. The number of anilines is 1. The Morgan fingerprint density at radius 2 is 1.70 bits per heavy atom. The molecule has 1 aliphatic rings. The summed E-state index contributed by atoms with van der Waals surface area (Å²) in [5, 5.41) is 3.58. The van der Waals surface area contributed by atoms with Gasteiger partial charge < -0.3 is 19.7 Å². The third kappa shape index (κ3) is 6.66. The van der Waals surface area contributed by atoms with E-state index in [1.165, 1.54) is 11.1 Å². The Balaban J connectivity index is 1.19. The van der Waals surface area contributed by atoms with E-state index in [-0.39, 0.29) is 6.04 Å². The van der Waals surface area contributed by atoms with Gasteiger partial charge in [0.15, 0.2) is 0 Å². The van der Waals surface area contributed by atoms with Crippen molar-refractivity contribution in [3.8, 4) is 11.5 Å². The molecule has 7 nitrogen and oxygen atoms in total. The quantitative estimate of drug-likeness (QED) is 0.510. The van der Waals surface area contributed by atoms with Crippen molar-refractivity contribution in [3.63, 3.8) is 0 Å². The fourth-order valence-electron chi connectivity index (χ4n) is 3.96. The lowest BCUT2D eigenvalue weighted by molar-refractivity contribution is 0.200. The molecule has 2 heterocycles. The zero-order chi connectivity index (χ0) is 22.9. The van der Waals surface area contributed by atoms with Crippen LogP contribution in [0, 0.1) is 0 Å². The summed E-state index contributed by atoms with van der Waals surface area (Å²) in [6, 6.07) is 18.6. The van der Waals surface area contributed by atoms with E-state index in [1.807, 2.05) is 24.3 Å². The van der Waals surface area contributed by atoms with Gasteiger partial charge in [-0.1, -0.05) is 24.3 Å². The molecule has 0 bridgehead atoms. The Morgan fingerprint density at radius 3 is 2.48 bits per heavy atom. The first-order valence-corrected chi connectivity index (χ1v) is 11.5. The zero-order valence-corrected chi connectivity index (χ0v) is 19.5. The number of ether oxygens (including phenoxy) is 2. The minimum Gasteiger partial charge on any atom is -0.497 e. The van der Waals surface area contributed by atoms with Gasteiger partial charge in [0.05, 0.1) is 7.11 Å². The van der Waals surface area contributed by atoms with Gasteiger partial charge in [0, 0.05) is 57.7 Å². The highest BCUT2D eigenvalue weighted by molar-refractivity contribution is 5.32. The van der Waals surface area contributed by atoms with Crippen molar-refractivity contribution < 1.29 is 9.47 Å². The Hall–Kier alpha value is -3.16. The van der Waals surface area contributed by atoms with Crippen LogP contribution in [0.2, 0.25) is 0 Å². The van der Waals surface area contributed by atoms with E-state index in [0.717, 1.165) is 56.7 Å². The molecule has 1 atom stereocenters. The monoisotopic (exact) mass is 447 g/mol. The van der Waals surface area contributed by atoms with Crippen LogP contribution < -0.4 is 19.7 Å². The van der Waals surface area contributed by atoms with Crippen LogP contribution in [0.3, 0.4) is 0 Å². The maximum atomic E-state index is 6.06. The summed E-state index contributed by atoms with van der Waals surface area (Å²) in [5.41, 5.74) is 2.42. The normalized spacial score (nSPS) is 15.3.